The average Bonchev–Trinajstić information content (AvgIpc) is 2.90. The van der Waals surface area contributed by atoms with Crippen molar-refractivity contribution >= 4 is 10.9 Å². The summed E-state index contributed by atoms with van der Waals surface area (Å²) >= 11 is 0. The number of methoxy groups -OCH3 is 1. The molecule has 0 amide bonds. The highest BCUT2D eigenvalue weighted by atomic mass is 16.5. The summed E-state index contributed by atoms with van der Waals surface area (Å²) in [4.78, 5) is 3.46. The van der Waals surface area contributed by atoms with Crippen molar-refractivity contribution in [2.45, 2.75) is 13.3 Å². The third-order valence-corrected chi connectivity index (χ3v) is 3.49. The summed E-state index contributed by atoms with van der Waals surface area (Å²) in [5.74, 6) is 0.883. The Morgan fingerprint density at radius 3 is 2.47 bits per heavy atom. The van der Waals surface area contributed by atoms with Crippen LogP contribution >= 0.6 is 0 Å². The predicted molar refractivity (Wildman–Crippen MR) is 79.7 cm³/mol. The molecule has 0 radical (unpaired) electrons. The molecule has 0 fully saturated rings. The third-order valence-electron chi connectivity index (χ3n) is 3.49. The normalized spacial score (nSPS) is 10.8. The molecule has 0 saturated heterocycles. The van der Waals surface area contributed by atoms with Crippen LogP contribution in [0.15, 0.2) is 48.5 Å². The zero-order valence-corrected chi connectivity index (χ0v) is 11.2. The Hall–Kier alpha value is -2.22. The fourth-order valence-electron chi connectivity index (χ4n) is 2.33. The van der Waals surface area contributed by atoms with Gasteiger partial charge in [0.05, 0.1) is 7.11 Å². The van der Waals surface area contributed by atoms with E-state index in [2.05, 4.69) is 48.3 Å². The molecule has 0 unspecified atom stereocenters. The first-order chi connectivity index (χ1) is 9.30. The van der Waals surface area contributed by atoms with E-state index in [1.807, 2.05) is 12.1 Å². The monoisotopic (exact) mass is 251 g/mol. The summed E-state index contributed by atoms with van der Waals surface area (Å²) in [5, 5.41) is 1.27. The zero-order valence-electron chi connectivity index (χ0n) is 11.2. The summed E-state index contributed by atoms with van der Waals surface area (Å²) < 4.78 is 5.18. The van der Waals surface area contributed by atoms with Crippen LogP contribution in [0.2, 0.25) is 0 Å². The van der Waals surface area contributed by atoms with Crippen LogP contribution in [-0.4, -0.2) is 12.1 Å². The van der Waals surface area contributed by atoms with E-state index in [0.717, 1.165) is 17.9 Å². The topological polar surface area (TPSA) is 25.0 Å². The van der Waals surface area contributed by atoms with Crippen LogP contribution in [0.1, 0.15) is 12.5 Å². The lowest BCUT2D eigenvalue weighted by atomic mass is 10.1. The molecule has 3 rings (SSSR count). The predicted octanol–water partition coefficient (Wildman–Crippen LogP) is 4.41. The van der Waals surface area contributed by atoms with Crippen molar-refractivity contribution in [3.8, 4) is 17.0 Å². The van der Waals surface area contributed by atoms with Crippen molar-refractivity contribution in [2.24, 2.45) is 0 Å². The lowest BCUT2D eigenvalue weighted by Crippen LogP contribution is -1.82. The van der Waals surface area contributed by atoms with E-state index in [4.69, 9.17) is 4.74 Å². The minimum absolute atomic E-state index is 0.883. The van der Waals surface area contributed by atoms with E-state index in [9.17, 15) is 0 Å². The molecule has 2 aromatic carbocycles. The van der Waals surface area contributed by atoms with E-state index in [-0.39, 0.29) is 0 Å². The highest BCUT2D eigenvalue weighted by Gasteiger charge is 2.04. The highest BCUT2D eigenvalue weighted by molar-refractivity contribution is 5.86. The van der Waals surface area contributed by atoms with Crippen molar-refractivity contribution in [1.82, 2.24) is 4.98 Å². The van der Waals surface area contributed by atoms with Crippen LogP contribution in [0.25, 0.3) is 22.2 Å². The number of rotatable bonds is 3. The molecular formula is C17H17NO. The van der Waals surface area contributed by atoms with Gasteiger partial charge in [0.1, 0.15) is 5.75 Å². The van der Waals surface area contributed by atoms with Crippen molar-refractivity contribution < 1.29 is 4.74 Å². The van der Waals surface area contributed by atoms with E-state index in [1.54, 1.807) is 7.11 Å². The van der Waals surface area contributed by atoms with Gasteiger partial charge in [0.25, 0.3) is 0 Å². The molecule has 0 aliphatic heterocycles. The Kier molecular flexibility index (Phi) is 3.00. The smallest absolute Gasteiger partial charge is 0.118 e. The number of ether oxygens (including phenoxy) is 1. The standard InChI is InChI=1S/C17H17NO/c1-3-12-4-9-16-14(10-12)11-17(18-16)13-5-7-15(19-2)8-6-13/h4-11,18H,3H2,1-2H3. The molecule has 2 nitrogen and oxygen atoms in total. The second kappa shape index (κ2) is 4.81. The van der Waals surface area contributed by atoms with Crippen LogP contribution in [0.4, 0.5) is 0 Å². The Bertz CT molecular complexity index is 695. The number of aryl methyl sites for hydroxylation is 1. The Balaban J connectivity index is 2.04. The SMILES string of the molecule is CCc1ccc2[nH]c(-c3ccc(OC)cc3)cc2c1. The molecular weight excluding hydrogens is 234 g/mol. The summed E-state index contributed by atoms with van der Waals surface area (Å²) in [7, 11) is 1.68. The molecule has 0 spiro atoms. The molecule has 0 aliphatic rings. The van der Waals surface area contributed by atoms with Gasteiger partial charge in [-0.15, -0.1) is 0 Å². The van der Waals surface area contributed by atoms with Crippen LogP contribution in [0.3, 0.4) is 0 Å². The summed E-state index contributed by atoms with van der Waals surface area (Å²) in [6, 6.07) is 16.9. The van der Waals surface area contributed by atoms with Gasteiger partial charge in [-0.05, 0) is 60.0 Å². The fraction of sp³-hybridized carbons (Fsp3) is 0.176. The number of H-pyrrole nitrogens is 1. The van der Waals surface area contributed by atoms with Gasteiger partial charge in [0, 0.05) is 16.6 Å². The van der Waals surface area contributed by atoms with Crippen LogP contribution in [0.5, 0.6) is 5.75 Å². The van der Waals surface area contributed by atoms with Crippen molar-refractivity contribution in [3.05, 3.63) is 54.1 Å². The van der Waals surface area contributed by atoms with Crippen LogP contribution in [0, 0.1) is 0 Å². The first-order valence-corrected chi connectivity index (χ1v) is 6.56. The van der Waals surface area contributed by atoms with E-state index >= 15 is 0 Å². The minimum atomic E-state index is 0.883. The summed E-state index contributed by atoms with van der Waals surface area (Å²) in [6.07, 6.45) is 1.07. The number of benzene rings is 2. The molecule has 2 heteroatoms. The van der Waals surface area contributed by atoms with Gasteiger partial charge in [-0.3, -0.25) is 0 Å². The molecule has 96 valence electrons. The Morgan fingerprint density at radius 2 is 1.79 bits per heavy atom. The molecule has 0 bridgehead atoms. The maximum atomic E-state index is 5.18. The van der Waals surface area contributed by atoms with E-state index in [0.29, 0.717) is 0 Å². The number of aromatic nitrogens is 1. The Morgan fingerprint density at radius 1 is 1.00 bits per heavy atom. The van der Waals surface area contributed by atoms with Gasteiger partial charge < -0.3 is 9.72 Å². The molecule has 3 aromatic rings. The molecule has 0 aliphatic carbocycles. The Labute approximate surface area is 113 Å². The van der Waals surface area contributed by atoms with Gasteiger partial charge in [0.15, 0.2) is 0 Å². The quantitative estimate of drug-likeness (QED) is 0.733. The molecule has 19 heavy (non-hydrogen) atoms. The summed E-state index contributed by atoms with van der Waals surface area (Å²) in [5.41, 5.74) is 4.87. The van der Waals surface area contributed by atoms with Crippen LogP contribution in [-0.2, 0) is 6.42 Å². The van der Waals surface area contributed by atoms with Gasteiger partial charge in [-0.2, -0.15) is 0 Å². The molecule has 1 aromatic heterocycles. The number of nitrogens with one attached hydrogen (secondary N) is 1. The van der Waals surface area contributed by atoms with Gasteiger partial charge in [-0.1, -0.05) is 13.0 Å². The first kappa shape index (κ1) is 11.8. The zero-order chi connectivity index (χ0) is 13.2. The largest absolute Gasteiger partial charge is 0.497 e. The first-order valence-electron chi connectivity index (χ1n) is 6.56. The van der Waals surface area contributed by atoms with Crippen molar-refractivity contribution in [3.63, 3.8) is 0 Å². The molecule has 1 heterocycles. The van der Waals surface area contributed by atoms with E-state index in [1.165, 1.54) is 22.0 Å². The lowest BCUT2D eigenvalue weighted by Gasteiger charge is -2.01. The molecule has 1 N–H and O–H groups in total. The van der Waals surface area contributed by atoms with Crippen LogP contribution < -0.4 is 4.74 Å². The summed E-state index contributed by atoms with van der Waals surface area (Å²) in [6.45, 7) is 2.18. The van der Waals surface area contributed by atoms with E-state index < -0.39 is 0 Å². The van der Waals surface area contributed by atoms with Gasteiger partial charge in [-0.25, -0.2) is 0 Å². The molecule has 0 saturated carbocycles. The third kappa shape index (κ3) is 2.22. The number of aromatic amines is 1. The van der Waals surface area contributed by atoms with Gasteiger partial charge in [0.2, 0.25) is 0 Å². The average molecular weight is 251 g/mol. The minimum Gasteiger partial charge on any atom is -0.497 e. The number of hydrogen-bond donors (Lipinski definition) is 1. The highest BCUT2D eigenvalue weighted by Crippen LogP contribution is 2.26. The van der Waals surface area contributed by atoms with Gasteiger partial charge >= 0.3 is 0 Å². The fourth-order valence-corrected chi connectivity index (χ4v) is 2.33. The number of fused-ring (bicyclic) bond motifs is 1. The van der Waals surface area contributed by atoms with Crippen molar-refractivity contribution in [2.75, 3.05) is 7.11 Å². The second-order valence-corrected chi connectivity index (χ2v) is 4.69. The number of hydrogen-bond acceptors (Lipinski definition) is 1. The molecule has 0 atom stereocenters. The second-order valence-electron chi connectivity index (χ2n) is 4.69. The maximum absolute atomic E-state index is 5.18. The lowest BCUT2D eigenvalue weighted by molar-refractivity contribution is 0.415. The maximum Gasteiger partial charge on any atom is 0.118 e. The van der Waals surface area contributed by atoms with Crippen molar-refractivity contribution in [1.29, 1.82) is 0 Å².